The Morgan fingerprint density at radius 2 is 2.15 bits per heavy atom. The molecule has 0 fully saturated rings. The summed E-state index contributed by atoms with van der Waals surface area (Å²) in [5.74, 6) is 1.57. The van der Waals surface area contributed by atoms with Crippen molar-refractivity contribution in [1.29, 1.82) is 0 Å². The summed E-state index contributed by atoms with van der Waals surface area (Å²) in [5.41, 5.74) is 0.834. The lowest BCUT2D eigenvalue weighted by Crippen LogP contribution is -2.10. The molecule has 0 spiro atoms. The molecule has 1 N–H and O–H groups in total. The molecule has 20 heavy (non-hydrogen) atoms. The van der Waals surface area contributed by atoms with Crippen molar-refractivity contribution in [3.8, 4) is 0 Å². The molecule has 0 aliphatic heterocycles. The summed E-state index contributed by atoms with van der Waals surface area (Å²) < 4.78 is 3.57. The quantitative estimate of drug-likeness (QED) is 0.760. The minimum atomic E-state index is 0.551. The predicted molar refractivity (Wildman–Crippen MR) is 76.4 cm³/mol. The Hall–Kier alpha value is -2.44. The van der Waals surface area contributed by atoms with Crippen molar-refractivity contribution >= 4 is 16.9 Å². The van der Waals surface area contributed by atoms with E-state index >= 15 is 0 Å². The van der Waals surface area contributed by atoms with Crippen LogP contribution in [-0.2, 0) is 13.6 Å². The highest BCUT2D eigenvalue weighted by Gasteiger charge is 2.11. The number of aromatic nitrogens is 6. The highest BCUT2D eigenvalue weighted by atomic mass is 15.3. The first-order valence-electron chi connectivity index (χ1n) is 6.68. The molecule has 3 heterocycles. The number of aryl methyl sites for hydroxylation is 1. The van der Waals surface area contributed by atoms with Crippen LogP contribution in [0.2, 0.25) is 0 Å². The Bertz CT molecular complexity index is 699. The molecule has 0 saturated carbocycles. The molecule has 0 aliphatic carbocycles. The van der Waals surface area contributed by atoms with Crippen LogP contribution in [0.25, 0.3) is 11.0 Å². The lowest BCUT2D eigenvalue weighted by atomic mass is 10.3. The summed E-state index contributed by atoms with van der Waals surface area (Å²) in [6.07, 6.45) is 6.49. The average Bonchev–Trinajstić information content (AvgIpc) is 3.07. The maximum Gasteiger partial charge on any atom is 0.163 e. The Kier molecular flexibility index (Phi) is 3.32. The van der Waals surface area contributed by atoms with Gasteiger partial charge in [-0.1, -0.05) is 6.92 Å². The van der Waals surface area contributed by atoms with Crippen LogP contribution < -0.4 is 5.32 Å². The van der Waals surface area contributed by atoms with Gasteiger partial charge in [0.25, 0.3) is 0 Å². The van der Waals surface area contributed by atoms with Gasteiger partial charge in [-0.2, -0.15) is 10.2 Å². The van der Waals surface area contributed by atoms with Crippen LogP contribution in [0.5, 0.6) is 0 Å². The molecule has 0 amide bonds. The molecular formula is C13H17N7. The van der Waals surface area contributed by atoms with Gasteiger partial charge in [0.2, 0.25) is 0 Å². The second-order valence-corrected chi connectivity index (χ2v) is 4.62. The highest BCUT2D eigenvalue weighted by Crippen LogP contribution is 2.19. The number of anilines is 1. The summed E-state index contributed by atoms with van der Waals surface area (Å²) in [7, 11) is 1.89. The fourth-order valence-electron chi connectivity index (χ4n) is 2.05. The molecule has 7 nitrogen and oxygen atoms in total. The minimum absolute atomic E-state index is 0.551. The third kappa shape index (κ3) is 2.34. The Balaban J connectivity index is 2.01. The van der Waals surface area contributed by atoms with Gasteiger partial charge in [0, 0.05) is 26.0 Å². The first-order chi connectivity index (χ1) is 9.78. The van der Waals surface area contributed by atoms with Gasteiger partial charge in [-0.15, -0.1) is 0 Å². The van der Waals surface area contributed by atoms with Crippen LogP contribution in [0.3, 0.4) is 0 Å². The minimum Gasteiger partial charge on any atom is -0.369 e. The van der Waals surface area contributed by atoms with Crippen LogP contribution in [0.15, 0.2) is 24.7 Å². The van der Waals surface area contributed by atoms with Crippen LogP contribution in [-0.4, -0.2) is 36.1 Å². The molecule has 0 radical (unpaired) electrons. The van der Waals surface area contributed by atoms with E-state index in [-0.39, 0.29) is 0 Å². The van der Waals surface area contributed by atoms with Crippen molar-refractivity contribution in [3.05, 3.63) is 30.5 Å². The molecule has 7 heteroatoms. The Morgan fingerprint density at radius 3 is 2.90 bits per heavy atom. The van der Waals surface area contributed by atoms with Gasteiger partial charge in [0.15, 0.2) is 11.5 Å². The van der Waals surface area contributed by atoms with Crippen LogP contribution in [0.1, 0.15) is 19.2 Å². The lowest BCUT2D eigenvalue weighted by molar-refractivity contribution is 0.655. The van der Waals surface area contributed by atoms with Crippen LogP contribution in [0.4, 0.5) is 5.82 Å². The summed E-state index contributed by atoms with van der Waals surface area (Å²) in [5, 5.41) is 12.7. The normalized spacial score (nSPS) is 11.1. The number of hydrogen-bond acceptors (Lipinski definition) is 5. The average molecular weight is 271 g/mol. The molecule has 3 aromatic rings. The van der Waals surface area contributed by atoms with Gasteiger partial charge in [0.05, 0.1) is 11.6 Å². The summed E-state index contributed by atoms with van der Waals surface area (Å²) in [6, 6.07) is 1.89. The maximum absolute atomic E-state index is 4.59. The lowest BCUT2D eigenvalue weighted by Gasteiger charge is -2.08. The van der Waals surface area contributed by atoms with E-state index in [4.69, 9.17) is 0 Å². The fraction of sp³-hybridized carbons (Fsp3) is 0.385. The van der Waals surface area contributed by atoms with Crippen molar-refractivity contribution < 1.29 is 0 Å². The zero-order valence-electron chi connectivity index (χ0n) is 11.6. The second kappa shape index (κ2) is 5.28. The molecule has 0 bridgehead atoms. The topological polar surface area (TPSA) is 73.5 Å². The molecule has 0 aliphatic rings. The zero-order valence-corrected chi connectivity index (χ0v) is 11.6. The van der Waals surface area contributed by atoms with E-state index in [9.17, 15) is 0 Å². The second-order valence-electron chi connectivity index (χ2n) is 4.62. The van der Waals surface area contributed by atoms with Crippen molar-refractivity contribution in [3.63, 3.8) is 0 Å². The van der Waals surface area contributed by atoms with Crippen molar-refractivity contribution in [2.75, 3.05) is 11.9 Å². The van der Waals surface area contributed by atoms with Gasteiger partial charge in [-0.3, -0.25) is 9.36 Å². The number of nitrogens with one attached hydrogen (secondary N) is 1. The first-order valence-corrected chi connectivity index (χ1v) is 6.68. The fourth-order valence-corrected chi connectivity index (χ4v) is 2.05. The SMILES string of the molecule is CCCNc1nc(Cn2cccn2)nc2c1cnn2C. The maximum atomic E-state index is 4.59. The molecule has 3 rings (SSSR count). The van der Waals surface area contributed by atoms with Crippen molar-refractivity contribution in [2.24, 2.45) is 7.05 Å². The monoisotopic (exact) mass is 271 g/mol. The largest absolute Gasteiger partial charge is 0.369 e. The standard InChI is InChI=1S/C13H17N7/c1-3-5-14-12-10-8-16-19(2)13(10)18-11(17-12)9-20-7-4-6-15-20/h4,6-8H,3,5,9H2,1-2H3,(H,14,17,18). The van der Waals surface area contributed by atoms with E-state index in [2.05, 4.69) is 32.4 Å². The highest BCUT2D eigenvalue weighted by molar-refractivity contribution is 5.86. The van der Waals surface area contributed by atoms with Gasteiger partial charge in [-0.25, -0.2) is 9.97 Å². The summed E-state index contributed by atoms with van der Waals surface area (Å²) >= 11 is 0. The van der Waals surface area contributed by atoms with Gasteiger partial charge in [-0.05, 0) is 12.5 Å². The van der Waals surface area contributed by atoms with Gasteiger partial charge >= 0.3 is 0 Å². The van der Waals surface area contributed by atoms with Crippen LogP contribution >= 0.6 is 0 Å². The number of hydrogen-bond donors (Lipinski definition) is 1. The summed E-state index contributed by atoms with van der Waals surface area (Å²) in [6.45, 7) is 3.55. The number of nitrogens with zero attached hydrogens (tertiary/aromatic N) is 6. The van der Waals surface area contributed by atoms with E-state index in [0.717, 1.165) is 35.6 Å². The molecule has 3 aromatic heterocycles. The third-order valence-electron chi connectivity index (χ3n) is 3.04. The van der Waals surface area contributed by atoms with E-state index in [1.165, 1.54) is 0 Å². The molecule has 0 saturated heterocycles. The van der Waals surface area contributed by atoms with Crippen molar-refractivity contribution in [2.45, 2.75) is 19.9 Å². The van der Waals surface area contributed by atoms with Gasteiger partial charge < -0.3 is 5.32 Å². The van der Waals surface area contributed by atoms with E-state index in [1.54, 1.807) is 21.8 Å². The molecule has 0 unspecified atom stereocenters. The smallest absolute Gasteiger partial charge is 0.163 e. The van der Waals surface area contributed by atoms with Crippen LogP contribution in [0, 0.1) is 0 Å². The molecule has 0 atom stereocenters. The third-order valence-corrected chi connectivity index (χ3v) is 3.04. The Labute approximate surface area is 116 Å². The molecule has 0 aromatic carbocycles. The molecule has 104 valence electrons. The first kappa shape index (κ1) is 12.6. The predicted octanol–water partition coefficient (Wildman–Crippen LogP) is 1.43. The Morgan fingerprint density at radius 1 is 1.25 bits per heavy atom. The van der Waals surface area contributed by atoms with Crippen molar-refractivity contribution in [1.82, 2.24) is 29.5 Å². The van der Waals surface area contributed by atoms with E-state index in [1.807, 2.05) is 19.3 Å². The van der Waals surface area contributed by atoms with Gasteiger partial charge in [0.1, 0.15) is 12.4 Å². The number of rotatable bonds is 5. The summed E-state index contributed by atoms with van der Waals surface area (Å²) in [4.78, 5) is 9.16. The number of fused-ring (bicyclic) bond motifs is 1. The molecular weight excluding hydrogens is 254 g/mol. The van der Waals surface area contributed by atoms with E-state index < -0.39 is 0 Å². The van der Waals surface area contributed by atoms with E-state index in [0.29, 0.717) is 6.54 Å². The zero-order chi connectivity index (χ0) is 13.9.